The molecule has 0 aliphatic carbocycles. The molecule has 1 aliphatic rings. The Balaban J connectivity index is 2.65. The maximum Gasteiger partial charge on any atom is 0.193 e. The molecule has 1 saturated heterocycles. The van der Waals surface area contributed by atoms with Crippen LogP contribution in [0.25, 0.3) is 0 Å². The van der Waals surface area contributed by atoms with Crippen molar-refractivity contribution in [1.29, 1.82) is 0 Å². The van der Waals surface area contributed by atoms with E-state index < -0.39 is 8.32 Å². The van der Waals surface area contributed by atoms with Crippen LogP contribution in [-0.2, 0) is 4.43 Å². The van der Waals surface area contributed by atoms with Gasteiger partial charge in [0.05, 0.1) is 5.60 Å². The summed E-state index contributed by atoms with van der Waals surface area (Å²) in [6.45, 7) is 9.10. The van der Waals surface area contributed by atoms with Gasteiger partial charge in [-0.1, -0.05) is 20.3 Å². The molecule has 0 spiro atoms. The number of hydrogen-bond donors (Lipinski definition) is 0. The van der Waals surface area contributed by atoms with Crippen molar-refractivity contribution < 1.29 is 4.43 Å². The predicted molar refractivity (Wildman–Crippen MR) is 55.9 cm³/mol. The quantitative estimate of drug-likeness (QED) is 0.599. The van der Waals surface area contributed by atoms with E-state index in [1.807, 2.05) is 0 Å². The van der Waals surface area contributed by atoms with Gasteiger partial charge in [-0.05, 0) is 38.4 Å². The Hall–Kier alpha value is 0.177. The van der Waals surface area contributed by atoms with Crippen LogP contribution in [0.2, 0.25) is 18.1 Å². The molecule has 0 aromatic heterocycles. The normalized spacial score (nSPS) is 27.0. The van der Waals surface area contributed by atoms with Crippen LogP contribution in [0.4, 0.5) is 0 Å². The largest absolute Gasteiger partial charge is 0.412 e. The SMILES string of the molecule is CC[Si]1(CC)CCCC(C)(C)O1. The molecular weight excluding hydrogens is 164 g/mol. The minimum atomic E-state index is -1.27. The van der Waals surface area contributed by atoms with Crippen molar-refractivity contribution in [2.24, 2.45) is 0 Å². The van der Waals surface area contributed by atoms with Crippen LogP contribution in [0.5, 0.6) is 0 Å². The van der Waals surface area contributed by atoms with Crippen LogP contribution >= 0.6 is 0 Å². The summed E-state index contributed by atoms with van der Waals surface area (Å²) < 4.78 is 6.30. The Bertz CT molecular complexity index is 150. The van der Waals surface area contributed by atoms with Crippen LogP contribution in [0.3, 0.4) is 0 Å². The second-order valence-corrected chi connectivity index (χ2v) is 9.09. The molecular formula is C10H22OSi. The highest BCUT2D eigenvalue weighted by atomic mass is 28.4. The Labute approximate surface area is 77.6 Å². The van der Waals surface area contributed by atoms with Crippen LogP contribution in [0, 0.1) is 0 Å². The summed E-state index contributed by atoms with van der Waals surface area (Å²) in [5.41, 5.74) is 0.177. The average molecular weight is 186 g/mol. The zero-order chi connectivity index (χ0) is 9.24. The summed E-state index contributed by atoms with van der Waals surface area (Å²) in [6, 6.07) is 3.99. The molecule has 0 N–H and O–H groups in total. The van der Waals surface area contributed by atoms with Gasteiger partial charge in [0.25, 0.3) is 0 Å². The maximum absolute atomic E-state index is 6.30. The molecule has 0 amide bonds. The van der Waals surface area contributed by atoms with E-state index in [1.54, 1.807) is 0 Å². The summed E-state index contributed by atoms with van der Waals surface area (Å²) in [5.74, 6) is 0. The van der Waals surface area contributed by atoms with Gasteiger partial charge in [0.1, 0.15) is 0 Å². The molecule has 1 nitrogen and oxygen atoms in total. The smallest absolute Gasteiger partial charge is 0.193 e. The fourth-order valence-corrected chi connectivity index (χ4v) is 5.97. The zero-order valence-electron chi connectivity index (χ0n) is 8.94. The Morgan fingerprint density at radius 3 is 2.17 bits per heavy atom. The molecule has 0 aromatic rings. The zero-order valence-corrected chi connectivity index (χ0v) is 9.94. The van der Waals surface area contributed by atoms with E-state index in [0.717, 1.165) is 0 Å². The van der Waals surface area contributed by atoms with Gasteiger partial charge in [0, 0.05) is 0 Å². The molecule has 2 heteroatoms. The van der Waals surface area contributed by atoms with Crippen molar-refractivity contribution in [3.05, 3.63) is 0 Å². The van der Waals surface area contributed by atoms with Gasteiger partial charge in [0.2, 0.25) is 0 Å². The third-order valence-electron chi connectivity index (χ3n) is 3.19. The summed E-state index contributed by atoms with van der Waals surface area (Å²) >= 11 is 0. The first-order valence-corrected chi connectivity index (χ1v) is 7.77. The summed E-state index contributed by atoms with van der Waals surface area (Å²) in [4.78, 5) is 0. The number of rotatable bonds is 2. The van der Waals surface area contributed by atoms with Crippen LogP contribution in [-0.4, -0.2) is 13.9 Å². The molecule has 1 aliphatic heterocycles. The van der Waals surface area contributed by atoms with Gasteiger partial charge >= 0.3 is 0 Å². The molecule has 1 fully saturated rings. The first kappa shape index (κ1) is 10.3. The lowest BCUT2D eigenvalue weighted by Crippen LogP contribution is -2.48. The fraction of sp³-hybridized carbons (Fsp3) is 1.00. The fourth-order valence-electron chi connectivity index (χ4n) is 2.27. The van der Waals surface area contributed by atoms with Gasteiger partial charge < -0.3 is 4.43 Å². The van der Waals surface area contributed by atoms with E-state index in [0.29, 0.717) is 0 Å². The van der Waals surface area contributed by atoms with E-state index in [9.17, 15) is 0 Å². The van der Waals surface area contributed by atoms with Crippen molar-refractivity contribution in [2.75, 3.05) is 0 Å². The summed E-state index contributed by atoms with van der Waals surface area (Å²) in [7, 11) is -1.27. The van der Waals surface area contributed by atoms with Crippen molar-refractivity contribution in [3.8, 4) is 0 Å². The second kappa shape index (κ2) is 3.50. The van der Waals surface area contributed by atoms with Gasteiger partial charge in [-0.25, -0.2) is 0 Å². The topological polar surface area (TPSA) is 9.23 Å². The minimum absolute atomic E-state index is 0.177. The van der Waals surface area contributed by atoms with Gasteiger partial charge in [-0.3, -0.25) is 0 Å². The Morgan fingerprint density at radius 2 is 1.83 bits per heavy atom. The van der Waals surface area contributed by atoms with E-state index in [4.69, 9.17) is 4.43 Å². The van der Waals surface area contributed by atoms with E-state index in [-0.39, 0.29) is 5.60 Å². The highest BCUT2D eigenvalue weighted by molar-refractivity contribution is 6.73. The lowest BCUT2D eigenvalue weighted by molar-refractivity contribution is 0.0683. The predicted octanol–water partition coefficient (Wildman–Crippen LogP) is 3.56. The molecule has 72 valence electrons. The Morgan fingerprint density at radius 1 is 1.25 bits per heavy atom. The molecule has 0 bridgehead atoms. The van der Waals surface area contributed by atoms with Crippen molar-refractivity contribution in [3.63, 3.8) is 0 Å². The molecule has 0 radical (unpaired) electrons. The maximum atomic E-state index is 6.30. The standard InChI is InChI=1S/C10H22OSi/c1-5-12(6-2)9-7-8-10(3,4)11-12/h5-9H2,1-4H3. The summed E-state index contributed by atoms with van der Waals surface area (Å²) in [5, 5.41) is 0. The third kappa shape index (κ3) is 2.11. The van der Waals surface area contributed by atoms with Gasteiger partial charge in [-0.2, -0.15) is 0 Å². The van der Waals surface area contributed by atoms with Crippen molar-refractivity contribution in [2.45, 2.75) is 64.3 Å². The molecule has 12 heavy (non-hydrogen) atoms. The number of hydrogen-bond acceptors (Lipinski definition) is 1. The average Bonchev–Trinajstić information content (AvgIpc) is 2.02. The van der Waals surface area contributed by atoms with Crippen LogP contribution < -0.4 is 0 Å². The van der Waals surface area contributed by atoms with E-state index in [2.05, 4.69) is 27.7 Å². The van der Waals surface area contributed by atoms with Gasteiger partial charge in [0.15, 0.2) is 8.32 Å². The highest BCUT2D eigenvalue weighted by Gasteiger charge is 2.40. The monoisotopic (exact) mass is 186 g/mol. The van der Waals surface area contributed by atoms with Crippen molar-refractivity contribution in [1.82, 2.24) is 0 Å². The molecule has 0 unspecified atom stereocenters. The van der Waals surface area contributed by atoms with Gasteiger partial charge in [-0.15, -0.1) is 0 Å². The molecule has 1 heterocycles. The molecule has 0 saturated carbocycles. The first-order chi connectivity index (χ1) is 5.54. The second-order valence-electron chi connectivity index (χ2n) is 4.61. The molecule has 1 rings (SSSR count). The van der Waals surface area contributed by atoms with E-state index >= 15 is 0 Å². The van der Waals surface area contributed by atoms with E-state index in [1.165, 1.54) is 31.0 Å². The lowest BCUT2D eigenvalue weighted by Gasteiger charge is -2.43. The Kier molecular flexibility index (Phi) is 3.00. The molecule has 0 aromatic carbocycles. The van der Waals surface area contributed by atoms with Crippen molar-refractivity contribution >= 4 is 8.32 Å². The molecule has 0 atom stereocenters. The van der Waals surface area contributed by atoms with Crippen LogP contribution in [0.1, 0.15) is 40.5 Å². The summed E-state index contributed by atoms with van der Waals surface area (Å²) in [6.07, 6.45) is 2.64. The highest BCUT2D eigenvalue weighted by Crippen LogP contribution is 2.37. The third-order valence-corrected chi connectivity index (χ3v) is 8.02. The first-order valence-electron chi connectivity index (χ1n) is 5.24. The van der Waals surface area contributed by atoms with Crippen LogP contribution in [0.15, 0.2) is 0 Å². The lowest BCUT2D eigenvalue weighted by atomic mass is 10.0. The minimum Gasteiger partial charge on any atom is -0.412 e.